The van der Waals surface area contributed by atoms with Crippen LogP contribution in [-0.4, -0.2) is 50.6 Å². The molecule has 1 aliphatic rings. The van der Waals surface area contributed by atoms with E-state index in [1.54, 1.807) is 17.9 Å². The van der Waals surface area contributed by atoms with Crippen molar-refractivity contribution < 1.29 is 14.7 Å². The molecule has 0 aromatic carbocycles. The second kappa shape index (κ2) is 13.2. The minimum atomic E-state index is -0.358. The van der Waals surface area contributed by atoms with E-state index in [2.05, 4.69) is 20.7 Å². The summed E-state index contributed by atoms with van der Waals surface area (Å²) in [6.45, 7) is 3.26. The zero-order valence-corrected chi connectivity index (χ0v) is 20.9. The van der Waals surface area contributed by atoms with Gasteiger partial charge in [-0.05, 0) is 49.8 Å². The molecule has 0 spiro atoms. The number of rotatable bonds is 12. The first-order valence-corrected chi connectivity index (χ1v) is 12.7. The normalized spacial score (nSPS) is 13.9. The molecule has 1 aliphatic heterocycles. The summed E-state index contributed by atoms with van der Waals surface area (Å²) in [6.07, 6.45) is 10.2. The molecule has 4 heterocycles. The van der Waals surface area contributed by atoms with E-state index < -0.39 is 0 Å². The van der Waals surface area contributed by atoms with Crippen LogP contribution in [0.5, 0.6) is 0 Å². The molecule has 0 aliphatic carbocycles. The molecule has 192 valence electrons. The molecule has 1 amide bonds. The first kappa shape index (κ1) is 25.9. The number of carbonyl (C=O) groups excluding carboxylic acids is 1. The smallest absolute Gasteiger partial charge is 0.243 e. The number of unbranched alkanes of at least 4 members (excludes halogenated alkanes) is 2. The molecule has 0 atom stereocenters. The molecule has 10 nitrogen and oxygen atoms in total. The molecule has 3 aromatic rings. The van der Waals surface area contributed by atoms with Gasteiger partial charge < -0.3 is 15.4 Å². The SMILES string of the molecule is O=C(CCCCCn1cc(Nc2cc(-c3cccc(NCC4CCOCC4)n3)c(Cl)cn2)cn1)NO. The number of nitrogens with one attached hydrogen (secondary N) is 3. The molecule has 11 heteroatoms. The number of hydroxylamine groups is 1. The highest BCUT2D eigenvalue weighted by molar-refractivity contribution is 6.33. The lowest BCUT2D eigenvalue weighted by atomic mass is 10.0. The van der Waals surface area contributed by atoms with Crippen LogP contribution in [0.1, 0.15) is 38.5 Å². The van der Waals surface area contributed by atoms with Gasteiger partial charge >= 0.3 is 0 Å². The molecule has 0 saturated carbocycles. The van der Waals surface area contributed by atoms with Crippen molar-refractivity contribution in [3.63, 3.8) is 0 Å². The van der Waals surface area contributed by atoms with Crippen LogP contribution in [0.15, 0.2) is 42.9 Å². The highest BCUT2D eigenvalue weighted by atomic mass is 35.5. The standard InChI is InChI=1S/C25H32ClN7O3/c26-21-16-28-24(30-19-15-29-33(17-19)10-3-1-2-7-25(34)32-35)13-20(21)22-5-4-6-23(31-22)27-14-18-8-11-36-12-9-18/h4-6,13,15-18,35H,1-3,7-12,14H2,(H,27,31)(H,28,30)(H,32,34). The number of hydrogen-bond acceptors (Lipinski definition) is 8. The van der Waals surface area contributed by atoms with Crippen molar-refractivity contribution in [1.29, 1.82) is 0 Å². The van der Waals surface area contributed by atoms with Crippen molar-refractivity contribution in [3.8, 4) is 11.3 Å². The van der Waals surface area contributed by atoms with Gasteiger partial charge in [-0.2, -0.15) is 5.10 Å². The Bertz CT molecular complexity index is 1130. The second-order valence-electron chi connectivity index (χ2n) is 8.86. The van der Waals surface area contributed by atoms with Crippen molar-refractivity contribution in [2.45, 2.75) is 45.1 Å². The maximum atomic E-state index is 11.1. The number of anilines is 3. The maximum absolute atomic E-state index is 11.1. The zero-order chi connectivity index (χ0) is 25.2. The van der Waals surface area contributed by atoms with Crippen LogP contribution in [0.2, 0.25) is 5.02 Å². The predicted octanol–water partition coefficient (Wildman–Crippen LogP) is 4.64. The summed E-state index contributed by atoms with van der Waals surface area (Å²) >= 11 is 6.48. The van der Waals surface area contributed by atoms with E-state index in [0.717, 1.165) is 81.2 Å². The highest BCUT2D eigenvalue weighted by Gasteiger charge is 2.14. The molecular formula is C25H32ClN7O3. The number of pyridine rings is 2. The third kappa shape index (κ3) is 7.64. The summed E-state index contributed by atoms with van der Waals surface area (Å²) in [5, 5.41) is 20.2. The Morgan fingerprint density at radius 3 is 2.86 bits per heavy atom. The van der Waals surface area contributed by atoms with Gasteiger partial charge in [-0.15, -0.1) is 0 Å². The van der Waals surface area contributed by atoms with E-state index in [0.29, 0.717) is 23.2 Å². The molecule has 4 rings (SSSR count). The quantitative estimate of drug-likeness (QED) is 0.157. The monoisotopic (exact) mass is 513 g/mol. The Balaban J connectivity index is 1.33. The molecule has 1 saturated heterocycles. The first-order chi connectivity index (χ1) is 17.6. The van der Waals surface area contributed by atoms with Crippen molar-refractivity contribution in [1.82, 2.24) is 25.2 Å². The Kier molecular flexibility index (Phi) is 9.48. The number of hydrogen-bond donors (Lipinski definition) is 4. The van der Waals surface area contributed by atoms with Crippen molar-refractivity contribution >= 4 is 34.8 Å². The average molecular weight is 514 g/mol. The maximum Gasteiger partial charge on any atom is 0.243 e. The Morgan fingerprint density at radius 2 is 2.03 bits per heavy atom. The molecule has 4 N–H and O–H groups in total. The minimum Gasteiger partial charge on any atom is -0.381 e. The number of nitrogens with zero attached hydrogens (tertiary/aromatic N) is 4. The fourth-order valence-electron chi connectivity index (χ4n) is 4.08. The summed E-state index contributed by atoms with van der Waals surface area (Å²) in [6, 6.07) is 7.76. The van der Waals surface area contributed by atoms with E-state index in [-0.39, 0.29) is 5.91 Å². The van der Waals surface area contributed by atoms with Gasteiger partial charge in [-0.1, -0.05) is 24.1 Å². The number of ether oxygens (including phenoxy) is 1. The zero-order valence-electron chi connectivity index (χ0n) is 20.1. The summed E-state index contributed by atoms with van der Waals surface area (Å²) in [5.74, 6) is 1.70. The fourth-order valence-corrected chi connectivity index (χ4v) is 4.28. The summed E-state index contributed by atoms with van der Waals surface area (Å²) < 4.78 is 7.29. The van der Waals surface area contributed by atoms with Crippen LogP contribution >= 0.6 is 11.6 Å². The van der Waals surface area contributed by atoms with Gasteiger partial charge in [0, 0.05) is 50.7 Å². The van der Waals surface area contributed by atoms with Gasteiger partial charge in [0.15, 0.2) is 0 Å². The lowest BCUT2D eigenvalue weighted by Crippen LogP contribution is -2.22. The molecule has 1 fully saturated rings. The van der Waals surface area contributed by atoms with Crippen LogP contribution in [0.3, 0.4) is 0 Å². The number of halogens is 1. The molecule has 36 heavy (non-hydrogen) atoms. The van der Waals surface area contributed by atoms with Crippen molar-refractivity contribution in [2.24, 2.45) is 5.92 Å². The number of amides is 1. The van der Waals surface area contributed by atoms with E-state index >= 15 is 0 Å². The van der Waals surface area contributed by atoms with E-state index in [1.165, 1.54) is 0 Å². The van der Waals surface area contributed by atoms with Crippen LogP contribution in [0, 0.1) is 5.92 Å². The predicted molar refractivity (Wildman–Crippen MR) is 138 cm³/mol. The van der Waals surface area contributed by atoms with Crippen LogP contribution in [0.4, 0.5) is 17.3 Å². The van der Waals surface area contributed by atoms with Gasteiger partial charge in [-0.3, -0.25) is 14.7 Å². The van der Waals surface area contributed by atoms with Crippen molar-refractivity contribution in [3.05, 3.63) is 47.9 Å². The van der Waals surface area contributed by atoms with Gasteiger partial charge in [-0.25, -0.2) is 15.4 Å². The largest absolute Gasteiger partial charge is 0.381 e. The van der Waals surface area contributed by atoms with Gasteiger partial charge in [0.05, 0.1) is 22.6 Å². The summed E-state index contributed by atoms with van der Waals surface area (Å²) in [5.41, 5.74) is 4.03. The van der Waals surface area contributed by atoms with Crippen molar-refractivity contribution in [2.75, 3.05) is 30.4 Å². The summed E-state index contributed by atoms with van der Waals surface area (Å²) in [7, 11) is 0. The van der Waals surface area contributed by atoms with Gasteiger partial charge in [0.25, 0.3) is 0 Å². The van der Waals surface area contributed by atoms with Gasteiger partial charge in [0.1, 0.15) is 11.6 Å². The number of aryl methyl sites for hydroxylation is 1. The lowest BCUT2D eigenvalue weighted by Gasteiger charge is -2.22. The highest BCUT2D eigenvalue weighted by Crippen LogP contribution is 2.30. The molecule has 3 aromatic heterocycles. The fraction of sp³-hybridized carbons (Fsp3) is 0.440. The Labute approximate surface area is 215 Å². The summed E-state index contributed by atoms with van der Waals surface area (Å²) in [4.78, 5) is 20.2. The van der Waals surface area contributed by atoms with E-state index in [4.69, 9.17) is 26.5 Å². The topological polar surface area (TPSA) is 126 Å². The number of carbonyl (C=O) groups is 1. The average Bonchev–Trinajstić information content (AvgIpc) is 3.36. The molecule has 0 bridgehead atoms. The molecular weight excluding hydrogens is 482 g/mol. The van der Waals surface area contributed by atoms with Crippen LogP contribution < -0.4 is 16.1 Å². The third-order valence-electron chi connectivity index (χ3n) is 6.11. The minimum absolute atomic E-state index is 0.316. The third-order valence-corrected chi connectivity index (χ3v) is 6.42. The molecule has 0 unspecified atom stereocenters. The van der Waals surface area contributed by atoms with Crippen LogP contribution in [-0.2, 0) is 16.1 Å². The Morgan fingerprint density at radius 1 is 1.17 bits per heavy atom. The molecule has 0 radical (unpaired) electrons. The Hall–Kier alpha value is -3.21. The van der Waals surface area contributed by atoms with E-state index in [9.17, 15) is 4.79 Å². The second-order valence-corrected chi connectivity index (χ2v) is 9.26. The lowest BCUT2D eigenvalue weighted by molar-refractivity contribution is -0.129. The van der Waals surface area contributed by atoms with E-state index in [1.807, 2.05) is 35.1 Å². The number of aromatic nitrogens is 4. The first-order valence-electron chi connectivity index (χ1n) is 12.3. The van der Waals surface area contributed by atoms with Crippen LogP contribution in [0.25, 0.3) is 11.3 Å². The van der Waals surface area contributed by atoms with Gasteiger partial charge in [0.2, 0.25) is 5.91 Å².